The van der Waals surface area contributed by atoms with Crippen molar-refractivity contribution in [2.75, 3.05) is 0 Å². The van der Waals surface area contributed by atoms with Crippen LogP contribution in [0.1, 0.15) is 16.8 Å². The maximum atomic E-state index is 14.1. The zero-order valence-electron chi connectivity index (χ0n) is 11.4. The van der Waals surface area contributed by atoms with E-state index in [9.17, 15) is 27.1 Å². The summed E-state index contributed by atoms with van der Waals surface area (Å²) >= 11 is 0. The Labute approximate surface area is 123 Å². The number of pyridine rings is 1. The van der Waals surface area contributed by atoms with Crippen LogP contribution in [0.2, 0.25) is 0 Å². The van der Waals surface area contributed by atoms with E-state index in [4.69, 9.17) is 0 Å². The fourth-order valence-corrected chi connectivity index (χ4v) is 2.23. The molecule has 2 rings (SSSR count). The van der Waals surface area contributed by atoms with Crippen molar-refractivity contribution in [3.8, 4) is 0 Å². The molecule has 1 unspecified atom stereocenters. The molecule has 0 aliphatic rings. The molecule has 0 saturated heterocycles. The van der Waals surface area contributed by atoms with Crippen molar-refractivity contribution in [3.63, 3.8) is 0 Å². The van der Waals surface area contributed by atoms with E-state index in [1.54, 1.807) is 0 Å². The van der Waals surface area contributed by atoms with Crippen LogP contribution in [0.5, 0.6) is 0 Å². The van der Waals surface area contributed by atoms with Gasteiger partial charge < -0.3 is 5.11 Å². The van der Waals surface area contributed by atoms with Gasteiger partial charge in [0.25, 0.3) is 0 Å². The molecule has 0 saturated carbocycles. The van der Waals surface area contributed by atoms with Crippen molar-refractivity contribution >= 4 is 0 Å². The Morgan fingerprint density at radius 1 is 0.909 bits per heavy atom. The largest absolute Gasteiger partial charge is 0.457 e. The van der Waals surface area contributed by atoms with Crippen LogP contribution in [0.3, 0.4) is 0 Å². The Hall–Kier alpha value is -2.02. The molecular formula is C15H12F5NO. The number of hydrogen-bond donors (Lipinski definition) is 1. The van der Waals surface area contributed by atoms with Gasteiger partial charge in [-0.3, -0.25) is 4.98 Å². The van der Waals surface area contributed by atoms with Crippen LogP contribution in [0.4, 0.5) is 22.0 Å². The molecule has 1 N–H and O–H groups in total. The van der Waals surface area contributed by atoms with Crippen LogP contribution in [0, 0.1) is 6.92 Å². The van der Waals surface area contributed by atoms with Gasteiger partial charge in [-0.15, -0.1) is 0 Å². The third kappa shape index (κ3) is 2.35. The second kappa shape index (κ2) is 5.31. The number of rotatable bonds is 3. The Kier molecular flexibility index (Phi) is 3.95. The van der Waals surface area contributed by atoms with E-state index in [1.807, 2.05) is 0 Å². The predicted molar refractivity (Wildman–Crippen MR) is 69.4 cm³/mol. The van der Waals surface area contributed by atoms with Crippen molar-refractivity contribution in [1.29, 1.82) is 0 Å². The molecule has 1 heterocycles. The molecule has 0 spiro atoms. The normalized spacial score (nSPS) is 15.4. The summed E-state index contributed by atoms with van der Waals surface area (Å²) < 4.78 is 66.9. The molecule has 118 valence electrons. The Bertz CT molecular complexity index is 656. The van der Waals surface area contributed by atoms with Gasteiger partial charge in [0.05, 0.1) is 5.69 Å². The van der Waals surface area contributed by atoms with E-state index < -0.39 is 29.0 Å². The molecule has 2 aromatic rings. The summed E-state index contributed by atoms with van der Waals surface area (Å²) in [4.78, 5) is 3.52. The highest BCUT2D eigenvalue weighted by atomic mass is 19.4. The van der Waals surface area contributed by atoms with Gasteiger partial charge in [-0.25, -0.2) is 0 Å². The number of benzene rings is 1. The Balaban J connectivity index is 2.80. The first kappa shape index (κ1) is 16.4. The predicted octanol–water partition coefficient (Wildman–Crippen LogP) is 3.82. The van der Waals surface area contributed by atoms with Gasteiger partial charge in [0, 0.05) is 6.20 Å². The zero-order valence-corrected chi connectivity index (χ0v) is 11.4. The number of aliphatic hydroxyl groups is 1. The van der Waals surface area contributed by atoms with Crippen molar-refractivity contribution in [1.82, 2.24) is 4.98 Å². The van der Waals surface area contributed by atoms with E-state index in [0.717, 1.165) is 18.3 Å². The van der Waals surface area contributed by atoms with Gasteiger partial charge in [-0.05, 0) is 30.2 Å². The number of nitrogens with zero attached hydrogens (tertiary/aromatic N) is 1. The highest BCUT2D eigenvalue weighted by Gasteiger charge is 2.72. The first-order valence-electron chi connectivity index (χ1n) is 6.27. The Morgan fingerprint density at radius 2 is 1.50 bits per heavy atom. The number of halogens is 5. The lowest BCUT2D eigenvalue weighted by Gasteiger charge is -2.37. The van der Waals surface area contributed by atoms with E-state index in [1.165, 1.54) is 37.3 Å². The average Bonchev–Trinajstić information content (AvgIpc) is 2.46. The quantitative estimate of drug-likeness (QED) is 0.873. The van der Waals surface area contributed by atoms with Gasteiger partial charge in [0.1, 0.15) is 0 Å². The molecule has 0 radical (unpaired) electrons. The van der Waals surface area contributed by atoms with E-state index in [2.05, 4.69) is 4.98 Å². The highest BCUT2D eigenvalue weighted by Crippen LogP contribution is 2.51. The molecule has 2 nitrogen and oxygen atoms in total. The lowest BCUT2D eigenvalue weighted by atomic mass is 9.81. The molecular weight excluding hydrogens is 305 g/mol. The first-order chi connectivity index (χ1) is 10.1. The minimum absolute atomic E-state index is 0.0968. The molecule has 0 fully saturated rings. The Morgan fingerprint density at radius 3 is 2.00 bits per heavy atom. The molecule has 0 aliphatic heterocycles. The smallest absolute Gasteiger partial charge is 0.373 e. The molecule has 1 aromatic carbocycles. The second-order valence-electron chi connectivity index (χ2n) is 4.81. The van der Waals surface area contributed by atoms with Gasteiger partial charge >= 0.3 is 12.1 Å². The van der Waals surface area contributed by atoms with Gasteiger partial charge in [0.2, 0.25) is 5.60 Å². The summed E-state index contributed by atoms with van der Waals surface area (Å²) in [7, 11) is 0. The van der Waals surface area contributed by atoms with Gasteiger partial charge in [-0.1, -0.05) is 30.3 Å². The van der Waals surface area contributed by atoms with Crippen LogP contribution in [-0.2, 0) is 5.60 Å². The minimum atomic E-state index is -5.94. The molecule has 1 aromatic heterocycles. The maximum absolute atomic E-state index is 14.1. The van der Waals surface area contributed by atoms with Gasteiger partial charge in [-0.2, -0.15) is 22.0 Å². The summed E-state index contributed by atoms with van der Waals surface area (Å²) in [6, 6.07) is 8.66. The number of aromatic nitrogens is 1. The number of hydrogen-bond acceptors (Lipinski definition) is 2. The second-order valence-corrected chi connectivity index (χ2v) is 4.81. The van der Waals surface area contributed by atoms with Crippen molar-refractivity contribution in [3.05, 3.63) is 65.5 Å². The monoisotopic (exact) mass is 317 g/mol. The maximum Gasteiger partial charge on any atom is 0.457 e. The van der Waals surface area contributed by atoms with Gasteiger partial charge in [0.15, 0.2) is 0 Å². The van der Waals surface area contributed by atoms with E-state index in [-0.39, 0.29) is 5.56 Å². The molecule has 0 amide bonds. The van der Waals surface area contributed by atoms with Crippen molar-refractivity contribution in [2.24, 2.45) is 0 Å². The van der Waals surface area contributed by atoms with Crippen LogP contribution < -0.4 is 0 Å². The van der Waals surface area contributed by atoms with Crippen LogP contribution in [0.25, 0.3) is 0 Å². The third-order valence-electron chi connectivity index (χ3n) is 3.38. The summed E-state index contributed by atoms with van der Waals surface area (Å²) in [5, 5.41) is 10.5. The fourth-order valence-electron chi connectivity index (χ4n) is 2.23. The standard InChI is InChI=1S/C15H12F5NO/c1-10-6-2-3-7-11(10)13(22,12-8-4-5-9-21-12)14(16,17)15(18,19)20/h2-9,22H,1H3. The SMILES string of the molecule is Cc1ccccc1C(O)(c1ccccn1)C(F)(F)C(F)(F)F. The number of aryl methyl sites for hydroxylation is 1. The first-order valence-corrected chi connectivity index (χ1v) is 6.27. The van der Waals surface area contributed by atoms with Crippen LogP contribution >= 0.6 is 0 Å². The zero-order chi connectivity index (χ0) is 16.6. The molecule has 0 bridgehead atoms. The molecule has 22 heavy (non-hydrogen) atoms. The minimum Gasteiger partial charge on any atom is -0.373 e. The van der Waals surface area contributed by atoms with E-state index in [0.29, 0.717) is 0 Å². The average molecular weight is 317 g/mol. The number of alkyl halides is 5. The molecule has 7 heteroatoms. The third-order valence-corrected chi connectivity index (χ3v) is 3.38. The van der Waals surface area contributed by atoms with Crippen molar-refractivity contribution < 1.29 is 27.1 Å². The summed E-state index contributed by atoms with van der Waals surface area (Å²) in [5.74, 6) is -5.42. The summed E-state index contributed by atoms with van der Waals surface area (Å²) in [6.07, 6.45) is -4.90. The molecule has 1 atom stereocenters. The fraction of sp³-hybridized carbons (Fsp3) is 0.267. The summed E-state index contributed by atoms with van der Waals surface area (Å²) in [6.45, 7) is 1.34. The highest BCUT2D eigenvalue weighted by molar-refractivity contribution is 5.41. The van der Waals surface area contributed by atoms with Crippen molar-refractivity contribution in [2.45, 2.75) is 24.6 Å². The van der Waals surface area contributed by atoms with Crippen LogP contribution in [-0.4, -0.2) is 22.2 Å². The lowest BCUT2D eigenvalue weighted by Crippen LogP contribution is -2.56. The summed E-state index contributed by atoms with van der Waals surface area (Å²) in [5.41, 5.74) is -4.83. The van der Waals surface area contributed by atoms with Crippen LogP contribution in [0.15, 0.2) is 48.7 Å². The lowest BCUT2D eigenvalue weighted by molar-refractivity contribution is -0.337. The van der Waals surface area contributed by atoms with E-state index >= 15 is 0 Å². The molecule has 0 aliphatic carbocycles. The topological polar surface area (TPSA) is 33.1 Å².